The van der Waals surface area contributed by atoms with Crippen LogP contribution < -0.4 is 19.9 Å². The summed E-state index contributed by atoms with van der Waals surface area (Å²) < 4.78 is 50.1. The molecule has 5 nitrogen and oxygen atoms in total. The predicted octanol–water partition coefficient (Wildman–Crippen LogP) is 3.36. The summed E-state index contributed by atoms with van der Waals surface area (Å²) in [6, 6.07) is 7.98. The maximum atomic E-state index is 12.0. The molecule has 0 amide bonds. The Morgan fingerprint density at radius 1 is 1.00 bits per heavy atom. The van der Waals surface area contributed by atoms with Gasteiger partial charge in [0, 0.05) is 6.07 Å². The minimum absolute atomic E-state index is 0.199. The number of hydrogen-bond acceptors (Lipinski definition) is 5. The van der Waals surface area contributed by atoms with Crippen LogP contribution >= 0.6 is 0 Å². The van der Waals surface area contributed by atoms with Gasteiger partial charge in [0.05, 0.1) is 12.8 Å². The second kappa shape index (κ2) is 5.78. The van der Waals surface area contributed by atoms with E-state index in [1.54, 1.807) is 6.07 Å². The summed E-state index contributed by atoms with van der Waals surface area (Å²) in [5.74, 6) is 0.358. The monoisotopic (exact) mass is 300 g/mol. The molecule has 0 spiro atoms. The highest BCUT2D eigenvalue weighted by Gasteiger charge is 2.30. The molecule has 0 radical (unpaired) electrons. The van der Waals surface area contributed by atoms with Crippen LogP contribution in [0, 0.1) is 0 Å². The van der Waals surface area contributed by atoms with Crippen molar-refractivity contribution in [2.75, 3.05) is 12.8 Å². The van der Waals surface area contributed by atoms with Gasteiger partial charge in [0.15, 0.2) is 0 Å². The largest absolute Gasteiger partial charge is 0.573 e. The molecule has 112 valence electrons. The number of methoxy groups -OCH3 is 1. The highest BCUT2D eigenvalue weighted by Crippen LogP contribution is 2.28. The highest BCUT2D eigenvalue weighted by atomic mass is 19.4. The summed E-state index contributed by atoms with van der Waals surface area (Å²) in [5.41, 5.74) is 5.95. The van der Waals surface area contributed by atoms with E-state index in [-0.39, 0.29) is 17.5 Å². The highest BCUT2D eigenvalue weighted by molar-refractivity contribution is 5.49. The van der Waals surface area contributed by atoms with Gasteiger partial charge in [-0.1, -0.05) is 0 Å². The van der Waals surface area contributed by atoms with E-state index in [0.29, 0.717) is 11.4 Å². The van der Waals surface area contributed by atoms with Gasteiger partial charge in [-0.3, -0.25) is 0 Å². The Bertz CT molecular complexity index is 615. The van der Waals surface area contributed by atoms with Crippen molar-refractivity contribution in [3.8, 4) is 23.3 Å². The molecular weight excluding hydrogens is 289 g/mol. The van der Waals surface area contributed by atoms with Gasteiger partial charge in [0.25, 0.3) is 0 Å². The topological polar surface area (TPSA) is 66.6 Å². The number of benzene rings is 1. The SMILES string of the molecule is COc1nc(Oc2ccc(OC(F)(F)F)cc2)ccc1N. The Hall–Kier alpha value is -2.64. The first kappa shape index (κ1) is 14.8. The average Bonchev–Trinajstić information content (AvgIpc) is 2.41. The lowest BCUT2D eigenvalue weighted by molar-refractivity contribution is -0.274. The van der Waals surface area contributed by atoms with Crippen LogP contribution in [-0.4, -0.2) is 18.5 Å². The van der Waals surface area contributed by atoms with Crippen LogP contribution in [0.15, 0.2) is 36.4 Å². The molecule has 2 aromatic rings. The number of nitrogen functional groups attached to an aromatic ring is 1. The average molecular weight is 300 g/mol. The van der Waals surface area contributed by atoms with Crippen LogP contribution in [0.2, 0.25) is 0 Å². The zero-order valence-electron chi connectivity index (χ0n) is 10.8. The molecule has 0 aliphatic carbocycles. The predicted molar refractivity (Wildman–Crippen MR) is 68.4 cm³/mol. The molecule has 1 heterocycles. The molecule has 0 saturated heterocycles. The van der Waals surface area contributed by atoms with Gasteiger partial charge in [0.2, 0.25) is 11.8 Å². The number of hydrogen-bond donors (Lipinski definition) is 1. The number of nitrogens with two attached hydrogens (primary N) is 1. The van der Waals surface area contributed by atoms with Crippen molar-refractivity contribution >= 4 is 5.69 Å². The lowest BCUT2D eigenvalue weighted by Crippen LogP contribution is -2.16. The fourth-order valence-electron chi connectivity index (χ4n) is 1.48. The van der Waals surface area contributed by atoms with Gasteiger partial charge in [-0.2, -0.15) is 4.98 Å². The van der Waals surface area contributed by atoms with Crippen LogP contribution in [-0.2, 0) is 0 Å². The molecule has 0 atom stereocenters. The number of halogens is 3. The van der Waals surface area contributed by atoms with E-state index in [9.17, 15) is 13.2 Å². The van der Waals surface area contributed by atoms with E-state index >= 15 is 0 Å². The van der Waals surface area contributed by atoms with E-state index in [1.165, 1.54) is 25.3 Å². The summed E-state index contributed by atoms with van der Waals surface area (Å²) in [6.07, 6.45) is -4.73. The molecule has 0 fully saturated rings. The van der Waals surface area contributed by atoms with Crippen LogP contribution in [0.3, 0.4) is 0 Å². The third kappa shape index (κ3) is 4.16. The molecule has 21 heavy (non-hydrogen) atoms. The first-order chi connectivity index (χ1) is 9.87. The Labute approximate surface area is 118 Å². The molecule has 0 saturated carbocycles. The number of anilines is 1. The fourth-order valence-corrected chi connectivity index (χ4v) is 1.48. The summed E-state index contributed by atoms with van der Waals surface area (Å²) in [7, 11) is 1.41. The lowest BCUT2D eigenvalue weighted by atomic mass is 10.3. The zero-order chi connectivity index (χ0) is 15.5. The van der Waals surface area contributed by atoms with Crippen LogP contribution in [0.5, 0.6) is 23.3 Å². The Morgan fingerprint density at radius 3 is 2.19 bits per heavy atom. The van der Waals surface area contributed by atoms with Crippen LogP contribution in [0.4, 0.5) is 18.9 Å². The standard InChI is InChI=1S/C13H11F3N2O3/c1-19-12-10(17)6-7-11(18-12)20-8-2-4-9(5-3-8)21-13(14,15)16/h2-7H,17H2,1H3. The van der Waals surface area contributed by atoms with Crippen molar-refractivity contribution in [3.63, 3.8) is 0 Å². The second-order valence-corrected chi connectivity index (χ2v) is 3.87. The maximum Gasteiger partial charge on any atom is 0.573 e. The quantitative estimate of drug-likeness (QED) is 0.937. The van der Waals surface area contributed by atoms with Gasteiger partial charge in [-0.05, 0) is 30.3 Å². The molecule has 0 unspecified atom stereocenters. The van der Waals surface area contributed by atoms with Crippen molar-refractivity contribution in [1.82, 2.24) is 4.98 Å². The molecule has 8 heteroatoms. The number of ether oxygens (including phenoxy) is 3. The number of aromatic nitrogens is 1. The van der Waals surface area contributed by atoms with Gasteiger partial charge < -0.3 is 19.9 Å². The number of nitrogens with zero attached hydrogens (tertiary/aromatic N) is 1. The van der Waals surface area contributed by atoms with Gasteiger partial charge in [0.1, 0.15) is 11.5 Å². The molecule has 0 bridgehead atoms. The van der Waals surface area contributed by atoms with E-state index < -0.39 is 6.36 Å². The van der Waals surface area contributed by atoms with Gasteiger partial charge in [-0.25, -0.2) is 0 Å². The molecular formula is C13H11F3N2O3. The summed E-state index contributed by atoms with van der Waals surface area (Å²) in [6.45, 7) is 0. The number of pyridine rings is 1. The van der Waals surface area contributed by atoms with Crippen LogP contribution in [0.25, 0.3) is 0 Å². The molecule has 0 aliphatic heterocycles. The summed E-state index contributed by atoms with van der Waals surface area (Å²) >= 11 is 0. The smallest absolute Gasteiger partial charge is 0.479 e. The first-order valence-electron chi connectivity index (χ1n) is 5.71. The second-order valence-electron chi connectivity index (χ2n) is 3.87. The summed E-state index contributed by atoms with van der Waals surface area (Å²) in [4.78, 5) is 3.99. The van der Waals surface area contributed by atoms with Crippen molar-refractivity contribution in [1.29, 1.82) is 0 Å². The van der Waals surface area contributed by atoms with Crippen molar-refractivity contribution < 1.29 is 27.4 Å². The lowest BCUT2D eigenvalue weighted by Gasteiger charge is -2.10. The Kier molecular flexibility index (Phi) is 4.06. The van der Waals surface area contributed by atoms with E-state index in [0.717, 1.165) is 12.1 Å². The molecule has 1 aromatic heterocycles. The Morgan fingerprint density at radius 2 is 1.62 bits per heavy atom. The van der Waals surface area contributed by atoms with Gasteiger partial charge >= 0.3 is 6.36 Å². The van der Waals surface area contributed by atoms with Crippen molar-refractivity contribution in [2.45, 2.75) is 6.36 Å². The number of alkyl halides is 3. The maximum absolute atomic E-state index is 12.0. The van der Waals surface area contributed by atoms with Crippen molar-refractivity contribution in [3.05, 3.63) is 36.4 Å². The number of rotatable bonds is 4. The van der Waals surface area contributed by atoms with E-state index in [4.69, 9.17) is 15.2 Å². The fraction of sp³-hybridized carbons (Fsp3) is 0.154. The third-order valence-corrected chi connectivity index (χ3v) is 2.34. The zero-order valence-corrected chi connectivity index (χ0v) is 10.8. The van der Waals surface area contributed by atoms with Gasteiger partial charge in [-0.15, -0.1) is 13.2 Å². The molecule has 0 aliphatic rings. The Balaban J connectivity index is 2.10. The van der Waals surface area contributed by atoms with Crippen LogP contribution in [0.1, 0.15) is 0 Å². The van der Waals surface area contributed by atoms with E-state index in [2.05, 4.69) is 9.72 Å². The third-order valence-electron chi connectivity index (χ3n) is 2.34. The summed E-state index contributed by atoms with van der Waals surface area (Å²) in [5, 5.41) is 0. The van der Waals surface area contributed by atoms with Crippen molar-refractivity contribution in [2.24, 2.45) is 0 Å². The molecule has 2 rings (SSSR count). The minimum Gasteiger partial charge on any atom is -0.479 e. The molecule has 1 aromatic carbocycles. The molecule has 2 N–H and O–H groups in total. The first-order valence-corrected chi connectivity index (χ1v) is 5.71. The van der Waals surface area contributed by atoms with E-state index in [1.807, 2.05) is 0 Å². The normalized spacial score (nSPS) is 11.0. The minimum atomic E-state index is -4.73.